The van der Waals surface area contributed by atoms with Crippen LogP contribution in [0.1, 0.15) is 47.0 Å². The van der Waals surface area contributed by atoms with Gasteiger partial charge >= 0.3 is 48.4 Å². The van der Waals surface area contributed by atoms with E-state index < -0.39 is 108 Å². The van der Waals surface area contributed by atoms with Gasteiger partial charge in [-0.25, -0.2) is 4.79 Å². The van der Waals surface area contributed by atoms with Crippen molar-refractivity contribution in [2.45, 2.75) is 113 Å². The van der Waals surface area contributed by atoms with Crippen LogP contribution in [0.2, 0.25) is 0 Å². The highest BCUT2D eigenvalue weighted by atomic mass is 19.4. The van der Waals surface area contributed by atoms with Crippen molar-refractivity contribution in [3.8, 4) is 0 Å². The molecule has 2 saturated heterocycles. The van der Waals surface area contributed by atoms with Crippen LogP contribution in [0.4, 0.5) is 61.5 Å². The molecule has 1 N–H and O–H groups in total. The summed E-state index contributed by atoms with van der Waals surface area (Å²) in [5.74, 6) is -22.6. The fourth-order valence-electron chi connectivity index (χ4n) is 4.26. The molecule has 45 heavy (non-hydrogen) atoms. The zero-order valence-corrected chi connectivity index (χ0v) is 23.2. The van der Waals surface area contributed by atoms with Gasteiger partial charge in [-0.2, -0.15) is 61.5 Å². The topological polar surface area (TPSA) is 101 Å². The van der Waals surface area contributed by atoms with Crippen LogP contribution in [0.5, 0.6) is 0 Å². The molecule has 22 heteroatoms. The second-order valence-electron chi connectivity index (χ2n) is 10.8. The Labute approximate surface area is 243 Å². The average molecular weight is 694 g/mol. The van der Waals surface area contributed by atoms with Crippen LogP contribution in [-0.2, 0) is 33.3 Å². The maximum Gasteiger partial charge on any atom is 0.449 e. The number of hydrogen-bond donors (Lipinski definition) is 1. The first-order valence-electron chi connectivity index (χ1n) is 12.2. The van der Waals surface area contributed by atoms with Crippen LogP contribution in [0, 0.1) is 5.92 Å². The van der Waals surface area contributed by atoms with Gasteiger partial charge in [0.05, 0.1) is 12.3 Å². The average Bonchev–Trinajstić information content (AvgIpc) is 2.79. The predicted molar refractivity (Wildman–Crippen MR) is 115 cm³/mol. The van der Waals surface area contributed by atoms with Crippen molar-refractivity contribution in [2.75, 3.05) is 0 Å². The first kappa shape index (κ1) is 38.7. The number of halogens is 14. The van der Waals surface area contributed by atoms with E-state index in [0.717, 1.165) is 20.8 Å². The first-order chi connectivity index (χ1) is 19.7. The van der Waals surface area contributed by atoms with E-state index in [1.807, 2.05) is 0 Å². The van der Waals surface area contributed by atoms with Crippen LogP contribution in [0.25, 0.3) is 0 Å². The predicted octanol–water partition coefficient (Wildman–Crippen LogP) is 6.01. The van der Waals surface area contributed by atoms with Gasteiger partial charge in [0.25, 0.3) is 5.79 Å². The normalized spacial score (nSPS) is 34.8. The molecule has 2 rings (SSSR count). The summed E-state index contributed by atoms with van der Waals surface area (Å²) in [7, 11) is 0. The number of carbonyl (C=O) groups excluding carboxylic acids is 2. The van der Waals surface area contributed by atoms with Crippen molar-refractivity contribution in [3.05, 3.63) is 12.2 Å². The fourth-order valence-corrected chi connectivity index (χ4v) is 4.26. The highest BCUT2D eigenvalue weighted by molar-refractivity contribution is 5.87. The molecule has 6 atom stereocenters. The Morgan fingerprint density at radius 1 is 0.889 bits per heavy atom. The molecule has 0 spiro atoms. The number of ether oxygens (including phenoxy) is 5. The van der Waals surface area contributed by atoms with Crippen LogP contribution < -0.4 is 0 Å². The van der Waals surface area contributed by atoms with Gasteiger partial charge < -0.3 is 28.8 Å². The Balaban J connectivity index is 2.86. The third-order valence-corrected chi connectivity index (χ3v) is 6.72. The second kappa shape index (κ2) is 11.4. The number of alkyl halides is 14. The lowest BCUT2D eigenvalue weighted by Crippen LogP contribution is -2.74. The van der Waals surface area contributed by atoms with Crippen molar-refractivity contribution in [1.82, 2.24) is 0 Å². The van der Waals surface area contributed by atoms with E-state index in [4.69, 9.17) is 0 Å². The summed E-state index contributed by atoms with van der Waals surface area (Å²) in [5, 5.41) is 9.85. The summed E-state index contributed by atoms with van der Waals surface area (Å²) in [4.78, 5) is 24.0. The number of rotatable bonds is 6. The van der Waals surface area contributed by atoms with E-state index in [-0.39, 0.29) is 6.92 Å². The van der Waals surface area contributed by atoms with Gasteiger partial charge in [0.2, 0.25) is 5.60 Å². The molecule has 262 valence electrons. The van der Waals surface area contributed by atoms with E-state index in [1.54, 1.807) is 0 Å². The summed E-state index contributed by atoms with van der Waals surface area (Å²) in [6.45, 7) is 5.04. The molecule has 0 aromatic carbocycles. The van der Waals surface area contributed by atoms with Crippen LogP contribution in [-0.4, -0.2) is 82.8 Å². The number of aliphatic hydroxyl groups is 1. The maximum atomic E-state index is 14.8. The minimum absolute atomic E-state index is 0.362. The van der Waals surface area contributed by atoms with E-state index >= 15 is 0 Å². The molecule has 0 aromatic rings. The van der Waals surface area contributed by atoms with E-state index in [1.165, 1.54) is 0 Å². The Hall–Kier alpha value is -2.46. The zero-order chi connectivity index (χ0) is 35.6. The highest BCUT2D eigenvalue weighted by Crippen LogP contribution is 2.60. The molecular weight excluding hydrogens is 670 g/mol. The third-order valence-electron chi connectivity index (χ3n) is 6.72. The molecule has 0 amide bonds. The minimum atomic E-state index is -6.69. The molecule has 0 bridgehead atoms. The minimum Gasteiger partial charge on any atom is -0.452 e. The van der Waals surface area contributed by atoms with Crippen LogP contribution in [0.3, 0.4) is 0 Å². The molecule has 2 fully saturated rings. The van der Waals surface area contributed by atoms with Gasteiger partial charge in [-0.15, -0.1) is 0 Å². The summed E-state index contributed by atoms with van der Waals surface area (Å²) in [6, 6.07) is 0. The largest absolute Gasteiger partial charge is 0.452 e. The Kier molecular flexibility index (Phi) is 9.77. The molecule has 0 radical (unpaired) electrons. The van der Waals surface area contributed by atoms with Gasteiger partial charge in [-0.1, -0.05) is 20.4 Å². The molecule has 2 aliphatic heterocycles. The van der Waals surface area contributed by atoms with Gasteiger partial charge in [-0.3, -0.25) is 4.79 Å². The van der Waals surface area contributed by atoms with Crippen molar-refractivity contribution in [3.63, 3.8) is 0 Å². The lowest BCUT2D eigenvalue weighted by atomic mass is 9.77. The van der Waals surface area contributed by atoms with E-state index in [9.17, 15) is 76.2 Å². The van der Waals surface area contributed by atoms with Crippen LogP contribution >= 0.6 is 0 Å². The van der Waals surface area contributed by atoms with E-state index in [2.05, 4.69) is 30.3 Å². The number of carbonyl (C=O) groups is 2. The van der Waals surface area contributed by atoms with Crippen molar-refractivity contribution < 1.29 is 99.8 Å². The summed E-state index contributed by atoms with van der Waals surface area (Å²) in [6.07, 6.45) is -40.9. The lowest BCUT2D eigenvalue weighted by molar-refractivity contribution is -0.532. The standard InChI is InChI=1S/C23H24F14O8/c1-9(2)13(38)41-11-6-12(43-19(40,18(11,24)25)23(35,36)37)42-17(22(32,33)34)8-16(21(29,30)31,44-14(39)10(3)4)7-15(5,45-17)20(26,27)28/h10-12,40H,1,6-8H2,2-5H3. The quantitative estimate of drug-likeness (QED) is 0.205. The zero-order valence-electron chi connectivity index (χ0n) is 23.2. The number of esters is 2. The second-order valence-corrected chi connectivity index (χ2v) is 10.8. The fraction of sp³-hybridized carbons (Fsp3) is 0.826. The molecular formula is C23H24F14O8. The maximum absolute atomic E-state index is 14.8. The molecule has 0 aromatic heterocycles. The highest BCUT2D eigenvalue weighted by Gasteiger charge is 2.81. The molecule has 2 heterocycles. The molecule has 0 aliphatic carbocycles. The van der Waals surface area contributed by atoms with Crippen molar-refractivity contribution in [1.29, 1.82) is 0 Å². The smallest absolute Gasteiger partial charge is 0.449 e. The third kappa shape index (κ3) is 6.83. The summed E-state index contributed by atoms with van der Waals surface area (Å²) in [5.41, 5.74) is -10.2. The molecule has 2 aliphatic rings. The van der Waals surface area contributed by atoms with E-state index in [0.29, 0.717) is 0 Å². The monoisotopic (exact) mass is 694 g/mol. The van der Waals surface area contributed by atoms with Gasteiger partial charge in [-0.05, 0) is 13.8 Å². The van der Waals surface area contributed by atoms with Crippen molar-refractivity contribution >= 4 is 11.9 Å². The number of hydrogen-bond acceptors (Lipinski definition) is 8. The van der Waals surface area contributed by atoms with Gasteiger partial charge in [0.15, 0.2) is 18.0 Å². The Morgan fingerprint density at radius 2 is 1.40 bits per heavy atom. The molecule has 8 nitrogen and oxygen atoms in total. The Bertz CT molecular complexity index is 1160. The summed E-state index contributed by atoms with van der Waals surface area (Å²) < 4.78 is 220. The Morgan fingerprint density at radius 3 is 1.78 bits per heavy atom. The van der Waals surface area contributed by atoms with Gasteiger partial charge in [0.1, 0.15) is 0 Å². The lowest BCUT2D eigenvalue weighted by Gasteiger charge is -2.55. The molecule has 6 unspecified atom stereocenters. The van der Waals surface area contributed by atoms with Crippen LogP contribution in [0.15, 0.2) is 12.2 Å². The molecule has 0 saturated carbocycles. The summed E-state index contributed by atoms with van der Waals surface area (Å²) >= 11 is 0. The van der Waals surface area contributed by atoms with Crippen molar-refractivity contribution in [2.24, 2.45) is 5.92 Å². The first-order valence-corrected chi connectivity index (χ1v) is 12.2. The SMILES string of the molecule is C=C(C)C(=O)OC1CC(OC2(C(F)(F)F)CC(OC(=O)C(C)C)(C(F)(F)F)CC(C)(C(F)(F)F)O2)OC(O)(C(F)(F)F)C1(F)F. The van der Waals surface area contributed by atoms with Gasteiger partial charge in [0, 0.05) is 18.4 Å².